The summed E-state index contributed by atoms with van der Waals surface area (Å²) >= 11 is 0. The third kappa shape index (κ3) is 3.03. The molecule has 2 aromatic rings. The van der Waals surface area contributed by atoms with Crippen molar-refractivity contribution in [1.29, 1.82) is 0 Å². The van der Waals surface area contributed by atoms with Gasteiger partial charge in [0.25, 0.3) is 0 Å². The van der Waals surface area contributed by atoms with E-state index < -0.39 is 0 Å². The third-order valence-electron chi connectivity index (χ3n) is 3.51. The molecule has 1 aromatic heterocycles. The van der Waals surface area contributed by atoms with E-state index in [4.69, 9.17) is 4.42 Å². The van der Waals surface area contributed by atoms with E-state index in [1.807, 2.05) is 25.2 Å². The molecule has 0 unspecified atom stereocenters. The molecule has 1 heterocycles. The molecule has 3 nitrogen and oxygen atoms in total. The average molecular weight is 273 g/mol. The molecule has 0 atom stereocenters. The Bertz CT molecular complexity index is 598. The van der Waals surface area contributed by atoms with Crippen molar-refractivity contribution in [3.8, 4) is 0 Å². The molecule has 0 spiro atoms. The topological polar surface area (TPSA) is 33.5 Å². The Morgan fingerprint density at radius 2 is 2.00 bits per heavy atom. The summed E-state index contributed by atoms with van der Waals surface area (Å²) in [6.45, 7) is 6.83. The molecule has 2 rings (SSSR count). The van der Waals surface area contributed by atoms with E-state index in [0.29, 0.717) is 18.9 Å². The van der Waals surface area contributed by atoms with Crippen LogP contribution in [0.1, 0.15) is 38.5 Å². The van der Waals surface area contributed by atoms with Gasteiger partial charge in [0, 0.05) is 37.4 Å². The van der Waals surface area contributed by atoms with Gasteiger partial charge in [-0.15, -0.1) is 0 Å². The first-order chi connectivity index (χ1) is 9.52. The standard InChI is InChI=1S/C17H23NO2/c1-5-15-14(11-18(4)17(19)10-12(2)3)13-8-6-7-9-16(13)20-15/h6-9,12H,5,10-11H2,1-4H3. The molecule has 0 aliphatic rings. The highest BCUT2D eigenvalue weighted by atomic mass is 16.3. The normalized spacial score (nSPS) is 11.2. The van der Waals surface area contributed by atoms with Gasteiger partial charge < -0.3 is 9.32 Å². The second-order valence-corrected chi connectivity index (χ2v) is 5.70. The highest BCUT2D eigenvalue weighted by Crippen LogP contribution is 2.27. The lowest BCUT2D eigenvalue weighted by Gasteiger charge is -2.18. The maximum Gasteiger partial charge on any atom is 0.222 e. The molecule has 0 radical (unpaired) electrons. The van der Waals surface area contributed by atoms with Crippen LogP contribution < -0.4 is 0 Å². The van der Waals surface area contributed by atoms with Crippen LogP contribution in [0.2, 0.25) is 0 Å². The monoisotopic (exact) mass is 273 g/mol. The molecule has 0 fully saturated rings. The van der Waals surface area contributed by atoms with Crippen LogP contribution in [0.15, 0.2) is 28.7 Å². The van der Waals surface area contributed by atoms with E-state index in [1.54, 1.807) is 4.90 Å². The zero-order chi connectivity index (χ0) is 14.7. The summed E-state index contributed by atoms with van der Waals surface area (Å²) < 4.78 is 5.87. The summed E-state index contributed by atoms with van der Waals surface area (Å²) in [5.74, 6) is 1.56. The minimum Gasteiger partial charge on any atom is -0.461 e. The van der Waals surface area contributed by atoms with Gasteiger partial charge >= 0.3 is 0 Å². The quantitative estimate of drug-likeness (QED) is 0.825. The summed E-state index contributed by atoms with van der Waals surface area (Å²) in [5, 5.41) is 1.12. The first kappa shape index (κ1) is 14.6. The van der Waals surface area contributed by atoms with E-state index in [-0.39, 0.29) is 5.91 Å². The number of amides is 1. The van der Waals surface area contributed by atoms with Crippen molar-refractivity contribution in [2.24, 2.45) is 5.92 Å². The second kappa shape index (κ2) is 6.12. The number of carbonyl (C=O) groups excluding carboxylic acids is 1. The maximum atomic E-state index is 12.1. The molecule has 0 aliphatic carbocycles. The Kier molecular flexibility index (Phi) is 4.48. The van der Waals surface area contributed by atoms with Crippen molar-refractivity contribution in [2.75, 3.05) is 7.05 Å². The summed E-state index contributed by atoms with van der Waals surface area (Å²) in [4.78, 5) is 13.9. The van der Waals surface area contributed by atoms with Crippen LogP contribution in [0.25, 0.3) is 11.0 Å². The zero-order valence-corrected chi connectivity index (χ0v) is 12.8. The fourth-order valence-electron chi connectivity index (χ4n) is 2.44. The predicted molar refractivity (Wildman–Crippen MR) is 81.5 cm³/mol. The van der Waals surface area contributed by atoms with E-state index in [1.165, 1.54) is 0 Å². The molecular weight excluding hydrogens is 250 g/mol. The van der Waals surface area contributed by atoms with Crippen LogP contribution in [0, 0.1) is 5.92 Å². The highest BCUT2D eigenvalue weighted by molar-refractivity contribution is 5.83. The minimum absolute atomic E-state index is 0.187. The van der Waals surface area contributed by atoms with Crippen LogP contribution >= 0.6 is 0 Å². The first-order valence-electron chi connectivity index (χ1n) is 7.26. The number of nitrogens with zero attached hydrogens (tertiary/aromatic N) is 1. The van der Waals surface area contributed by atoms with Gasteiger partial charge in [0.05, 0.1) is 0 Å². The zero-order valence-electron chi connectivity index (χ0n) is 12.8. The largest absolute Gasteiger partial charge is 0.461 e. The SMILES string of the molecule is CCc1oc2ccccc2c1CN(C)C(=O)CC(C)C. The first-order valence-corrected chi connectivity index (χ1v) is 7.26. The summed E-state index contributed by atoms with van der Waals surface area (Å²) in [5.41, 5.74) is 2.05. The van der Waals surface area contributed by atoms with Gasteiger partial charge in [-0.05, 0) is 12.0 Å². The molecule has 0 saturated carbocycles. The maximum absolute atomic E-state index is 12.1. The Balaban J connectivity index is 2.26. The fraction of sp³-hybridized carbons (Fsp3) is 0.471. The van der Waals surface area contributed by atoms with E-state index in [2.05, 4.69) is 26.8 Å². The number of para-hydroxylation sites is 1. The van der Waals surface area contributed by atoms with Gasteiger partial charge in [-0.25, -0.2) is 0 Å². The van der Waals surface area contributed by atoms with Crippen LogP contribution in [0.3, 0.4) is 0 Å². The summed E-state index contributed by atoms with van der Waals surface area (Å²) in [6.07, 6.45) is 1.43. The molecule has 1 amide bonds. The van der Waals surface area contributed by atoms with Crippen LogP contribution in [-0.2, 0) is 17.8 Å². The van der Waals surface area contributed by atoms with Crippen LogP contribution in [-0.4, -0.2) is 17.9 Å². The predicted octanol–water partition coefficient (Wildman–Crippen LogP) is 4.00. The number of benzene rings is 1. The lowest BCUT2D eigenvalue weighted by atomic mass is 10.1. The molecule has 108 valence electrons. The van der Waals surface area contributed by atoms with Gasteiger partial charge in [0.2, 0.25) is 5.91 Å². The number of carbonyl (C=O) groups is 1. The van der Waals surface area contributed by atoms with Crippen LogP contribution in [0.5, 0.6) is 0 Å². The molecule has 1 aromatic carbocycles. The Hall–Kier alpha value is -1.77. The molecule has 0 aliphatic heterocycles. The van der Waals surface area contributed by atoms with Crippen molar-refractivity contribution in [3.63, 3.8) is 0 Å². The van der Waals surface area contributed by atoms with Gasteiger partial charge in [-0.2, -0.15) is 0 Å². The summed E-state index contributed by atoms with van der Waals surface area (Å²) in [6, 6.07) is 8.03. The highest BCUT2D eigenvalue weighted by Gasteiger charge is 2.17. The van der Waals surface area contributed by atoms with Gasteiger partial charge in [0.15, 0.2) is 0 Å². The Morgan fingerprint density at radius 1 is 1.30 bits per heavy atom. The molecular formula is C17H23NO2. The smallest absolute Gasteiger partial charge is 0.222 e. The Labute approximate surface area is 120 Å². The van der Waals surface area contributed by atoms with Crippen molar-refractivity contribution < 1.29 is 9.21 Å². The summed E-state index contributed by atoms with van der Waals surface area (Å²) in [7, 11) is 1.87. The number of rotatable bonds is 5. The van der Waals surface area contributed by atoms with E-state index in [0.717, 1.165) is 28.7 Å². The van der Waals surface area contributed by atoms with Crippen molar-refractivity contribution in [2.45, 2.75) is 40.2 Å². The fourth-order valence-corrected chi connectivity index (χ4v) is 2.44. The van der Waals surface area contributed by atoms with E-state index in [9.17, 15) is 4.79 Å². The van der Waals surface area contributed by atoms with Crippen molar-refractivity contribution in [3.05, 3.63) is 35.6 Å². The Morgan fingerprint density at radius 3 is 2.65 bits per heavy atom. The van der Waals surface area contributed by atoms with Crippen molar-refractivity contribution in [1.82, 2.24) is 4.90 Å². The number of aryl methyl sites for hydroxylation is 1. The van der Waals surface area contributed by atoms with Crippen molar-refractivity contribution >= 4 is 16.9 Å². The second-order valence-electron chi connectivity index (χ2n) is 5.70. The number of furan rings is 1. The van der Waals surface area contributed by atoms with E-state index >= 15 is 0 Å². The molecule has 0 N–H and O–H groups in total. The lowest BCUT2D eigenvalue weighted by molar-refractivity contribution is -0.131. The number of hydrogen-bond acceptors (Lipinski definition) is 2. The molecule has 20 heavy (non-hydrogen) atoms. The van der Waals surface area contributed by atoms with Crippen LogP contribution in [0.4, 0.5) is 0 Å². The average Bonchev–Trinajstić information content (AvgIpc) is 2.76. The number of fused-ring (bicyclic) bond motifs is 1. The molecule has 0 bridgehead atoms. The van der Waals surface area contributed by atoms with Gasteiger partial charge in [-0.3, -0.25) is 4.79 Å². The molecule has 0 saturated heterocycles. The molecule has 3 heteroatoms. The lowest BCUT2D eigenvalue weighted by Crippen LogP contribution is -2.27. The van der Waals surface area contributed by atoms with Gasteiger partial charge in [-0.1, -0.05) is 39.0 Å². The number of hydrogen-bond donors (Lipinski definition) is 0. The minimum atomic E-state index is 0.187. The third-order valence-corrected chi connectivity index (χ3v) is 3.51. The van der Waals surface area contributed by atoms with Gasteiger partial charge in [0.1, 0.15) is 11.3 Å².